The number of hydrogen-bond donors (Lipinski definition) is 1. The summed E-state index contributed by atoms with van der Waals surface area (Å²) < 4.78 is 29.7. The predicted molar refractivity (Wildman–Crippen MR) is 180 cm³/mol. The van der Waals surface area contributed by atoms with Crippen LogP contribution in [-0.4, -0.2) is 44.3 Å². The second kappa shape index (κ2) is 15.0. The van der Waals surface area contributed by atoms with Crippen molar-refractivity contribution in [3.8, 4) is 0 Å². The highest BCUT2D eigenvalue weighted by Gasteiger charge is 2.35. The van der Waals surface area contributed by atoms with Crippen LogP contribution in [-0.2, 0) is 32.6 Å². The molecule has 0 radical (unpaired) electrons. The van der Waals surface area contributed by atoms with Gasteiger partial charge in [0.2, 0.25) is 11.8 Å². The Bertz CT molecular complexity index is 1690. The highest BCUT2D eigenvalue weighted by Crippen LogP contribution is 2.29. The molecule has 4 rings (SSSR count). The fourth-order valence-corrected chi connectivity index (χ4v) is 6.67. The van der Waals surface area contributed by atoms with E-state index in [2.05, 4.69) is 5.32 Å². The molecular formula is C37H43N3O4S. The summed E-state index contributed by atoms with van der Waals surface area (Å²) in [7, 11) is -4.15. The van der Waals surface area contributed by atoms with Gasteiger partial charge in [-0.15, -0.1) is 0 Å². The average molecular weight is 626 g/mol. The number of benzene rings is 4. The topological polar surface area (TPSA) is 86.8 Å². The van der Waals surface area contributed by atoms with E-state index < -0.39 is 28.5 Å². The van der Waals surface area contributed by atoms with Gasteiger partial charge >= 0.3 is 0 Å². The number of sulfonamides is 1. The molecule has 236 valence electrons. The Balaban J connectivity index is 1.81. The van der Waals surface area contributed by atoms with Crippen LogP contribution < -0.4 is 9.62 Å². The normalized spacial score (nSPS) is 12.0. The van der Waals surface area contributed by atoms with Crippen LogP contribution in [0, 0.1) is 26.7 Å². The number of hydrogen-bond acceptors (Lipinski definition) is 4. The van der Waals surface area contributed by atoms with Crippen LogP contribution >= 0.6 is 0 Å². The first-order valence-electron chi connectivity index (χ1n) is 15.3. The van der Waals surface area contributed by atoms with Crippen molar-refractivity contribution in [3.05, 3.63) is 131 Å². The van der Waals surface area contributed by atoms with Crippen LogP contribution in [0.3, 0.4) is 0 Å². The van der Waals surface area contributed by atoms with Crippen LogP contribution in [0.25, 0.3) is 0 Å². The van der Waals surface area contributed by atoms with Crippen molar-refractivity contribution < 1.29 is 18.0 Å². The zero-order valence-electron chi connectivity index (χ0n) is 26.7. The third-order valence-electron chi connectivity index (χ3n) is 7.66. The molecule has 1 N–H and O–H groups in total. The summed E-state index contributed by atoms with van der Waals surface area (Å²) in [4.78, 5) is 30.0. The molecule has 0 aliphatic heterocycles. The lowest BCUT2D eigenvalue weighted by molar-refractivity contribution is -0.140. The molecule has 4 aromatic rings. The van der Waals surface area contributed by atoms with Gasteiger partial charge in [0, 0.05) is 19.5 Å². The SMILES string of the molecule is Cc1ccc(S(=O)(=O)N(CC(=O)N(Cc2ccccc2)[C@@H](Cc2ccccc2)C(=O)NCC(C)C)c2ccc(C)cc2C)cc1. The van der Waals surface area contributed by atoms with Crippen molar-refractivity contribution in [2.24, 2.45) is 5.92 Å². The molecule has 0 heterocycles. The number of aryl methyl sites for hydroxylation is 3. The van der Waals surface area contributed by atoms with Crippen LogP contribution in [0.5, 0.6) is 0 Å². The maximum Gasteiger partial charge on any atom is 0.264 e. The number of rotatable bonds is 13. The molecule has 0 aromatic heterocycles. The van der Waals surface area contributed by atoms with E-state index >= 15 is 0 Å². The molecule has 0 saturated heterocycles. The van der Waals surface area contributed by atoms with Crippen molar-refractivity contribution in [1.82, 2.24) is 10.2 Å². The number of carbonyl (C=O) groups excluding carboxylic acids is 2. The second-order valence-corrected chi connectivity index (χ2v) is 13.8. The molecule has 45 heavy (non-hydrogen) atoms. The molecule has 0 spiro atoms. The third kappa shape index (κ3) is 8.82. The molecule has 0 aliphatic rings. The minimum Gasteiger partial charge on any atom is -0.354 e. The molecular weight excluding hydrogens is 582 g/mol. The highest BCUT2D eigenvalue weighted by atomic mass is 32.2. The summed E-state index contributed by atoms with van der Waals surface area (Å²) in [5.74, 6) is -0.546. The van der Waals surface area contributed by atoms with E-state index in [1.54, 1.807) is 30.3 Å². The van der Waals surface area contributed by atoms with Crippen LogP contribution in [0.1, 0.15) is 41.7 Å². The van der Waals surface area contributed by atoms with Gasteiger partial charge in [-0.1, -0.05) is 110 Å². The first kappa shape index (κ1) is 33.5. The van der Waals surface area contributed by atoms with E-state index in [1.165, 1.54) is 9.21 Å². The van der Waals surface area contributed by atoms with Gasteiger partial charge in [0.05, 0.1) is 10.6 Å². The summed E-state index contributed by atoms with van der Waals surface area (Å²) in [5, 5.41) is 3.02. The van der Waals surface area contributed by atoms with E-state index in [1.807, 2.05) is 107 Å². The Kier molecular flexibility index (Phi) is 11.2. The Morgan fingerprint density at radius 1 is 0.756 bits per heavy atom. The quantitative estimate of drug-likeness (QED) is 0.191. The number of nitrogens with one attached hydrogen (secondary N) is 1. The minimum atomic E-state index is -4.15. The molecule has 0 bridgehead atoms. The summed E-state index contributed by atoms with van der Waals surface area (Å²) in [6.07, 6.45) is 0.275. The van der Waals surface area contributed by atoms with Gasteiger partial charge < -0.3 is 10.2 Å². The van der Waals surface area contributed by atoms with E-state index in [9.17, 15) is 18.0 Å². The number of nitrogens with zero attached hydrogens (tertiary/aromatic N) is 2. The lowest BCUT2D eigenvalue weighted by Crippen LogP contribution is -2.53. The molecule has 7 nitrogen and oxygen atoms in total. The van der Waals surface area contributed by atoms with Gasteiger partial charge in [0.25, 0.3) is 10.0 Å². The monoisotopic (exact) mass is 625 g/mol. The highest BCUT2D eigenvalue weighted by molar-refractivity contribution is 7.92. The largest absolute Gasteiger partial charge is 0.354 e. The number of carbonyl (C=O) groups is 2. The van der Waals surface area contributed by atoms with E-state index in [0.29, 0.717) is 12.2 Å². The van der Waals surface area contributed by atoms with Crippen molar-refractivity contribution >= 4 is 27.5 Å². The molecule has 0 unspecified atom stereocenters. The maximum atomic E-state index is 14.6. The fourth-order valence-electron chi connectivity index (χ4n) is 5.19. The molecule has 8 heteroatoms. The third-order valence-corrected chi connectivity index (χ3v) is 9.43. The second-order valence-electron chi connectivity index (χ2n) is 12.0. The average Bonchev–Trinajstić information content (AvgIpc) is 3.01. The first-order chi connectivity index (χ1) is 21.5. The molecule has 0 saturated carbocycles. The van der Waals surface area contributed by atoms with Gasteiger partial charge in [-0.3, -0.25) is 13.9 Å². The molecule has 1 atom stereocenters. The van der Waals surface area contributed by atoms with Crippen molar-refractivity contribution in [1.29, 1.82) is 0 Å². The van der Waals surface area contributed by atoms with E-state index in [0.717, 1.165) is 27.8 Å². The maximum absolute atomic E-state index is 14.6. The Labute approximate surface area is 268 Å². The van der Waals surface area contributed by atoms with Crippen LogP contribution in [0.15, 0.2) is 108 Å². The van der Waals surface area contributed by atoms with Gasteiger partial charge in [0.1, 0.15) is 12.6 Å². The Morgan fingerprint density at radius 2 is 1.33 bits per heavy atom. The van der Waals surface area contributed by atoms with Crippen LogP contribution in [0.2, 0.25) is 0 Å². The van der Waals surface area contributed by atoms with Gasteiger partial charge in [0.15, 0.2) is 0 Å². The molecule has 4 aromatic carbocycles. The smallest absolute Gasteiger partial charge is 0.264 e. The van der Waals surface area contributed by atoms with Gasteiger partial charge in [-0.25, -0.2) is 8.42 Å². The Morgan fingerprint density at radius 3 is 1.91 bits per heavy atom. The number of anilines is 1. The van der Waals surface area contributed by atoms with Crippen LogP contribution in [0.4, 0.5) is 5.69 Å². The molecule has 2 amide bonds. The lowest BCUT2D eigenvalue weighted by Gasteiger charge is -2.34. The zero-order valence-corrected chi connectivity index (χ0v) is 27.6. The summed E-state index contributed by atoms with van der Waals surface area (Å²) in [6.45, 7) is 9.80. The summed E-state index contributed by atoms with van der Waals surface area (Å²) in [6, 6.07) is 30.2. The zero-order chi connectivity index (χ0) is 32.6. The first-order valence-corrected chi connectivity index (χ1v) is 16.7. The van der Waals surface area contributed by atoms with Crippen molar-refractivity contribution in [2.75, 3.05) is 17.4 Å². The van der Waals surface area contributed by atoms with Gasteiger partial charge in [-0.2, -0.15) is 0 Å². The standard InChI is InChI=1S/C37H43N3O4S/c1-27(2)24-38-37(42)35(23-31-12-8-6-9-13-31)39(25-32-14-10-7-11-15-32)36(41)26-40(34-21-18-29(4)22-30(34)5)45(43,44)33-19-16-28(3)17-20-33/h6-22,27,35H,23-26H2,1-5H3,(H,38,42)/t35-/m0/s1. The molecule has 0 aliphatic carbocycles. The fraction of sp³-hybridized carbons (Fsp3) is 0.297. The van der Waals surface area contributed by atoms with Gasteiger partial charge in [-0.05, 0) is 61.6 Å². The molecule has 0 fully saturated rings. The van der Waals surface area contributed by atoms with E-state index in [-0.39, 0.29) is 29.7 Å². The Hall–Kier alpha value is -4.43. The van der Waals surface area contributed by atoms with E-state index in [4.69, 9.17) is 0 Å². The summed E-state index contributed by atoms with van der Waals surface area (Å²) >= 11 is 0. The predicted octanol–water partition coefficient (Wildman–Crippen LogP) is 6.22. The van der Waals surface area contributed by atoms with Crippen molar-refractivity contribution in [2.45, 2.75) is 58.5 Å². The minimum absolute atomic E-state index is 0.0889. The lowest BCUT2D eigenvalue weighted by atomic mass is 10.0. The summed E-state index contributed by atoms with van der Waals surface area (Å²) in [5.41, 5.74) is 4.77. The van der Waals surface area contributed by atoms with Crippen molar-refractivity contribution in [3.63, 3.8) is 0 Å². The number of amides is 2.